The molecule has 5 rings (SSSR count). The summed E-state index contributed by atoms with van der Waals surface area (Å²) < 4.78 is 65.1. The van der Waals surface area contributed by atoms with Crippen LogP contribution < -0.4 is 9.46 Å². The van der Waals surface area contributed by atoms with Crippen molar-refractivity contribution in [1.82, 2.24) is 18.6 Å². The average Bonchev–Trinajstić information content (AvgIpc) is 3.36. The molecule has 2 aliphatic rings. The third kappa shape index (κ3) is 5.58. The van der Waals surface area contributed by atoms with Crippen molar-refractivity contribution >= 4 is 37.7 Å². The number of hydrogen-bond donors (Lipinski definition) is 1. The van der Waals surface area contributed by atoms with E-state index in [0.717, 1.165) is 29.1 Å². The number of fused-ring (bicyclic) bond motifs is 1. The number of piperazine rings is 1. The van der Waals surface area contributed by atoms with Crippen molar-refractivity contribution in [3.8, 4) is 5.75 Å². The van der Waals surface area contributed by atoms with Gasteiger partial charge in [-0.05, 0) is 29.8 Å². The van der Waals surface area contributed by atoms with Crippen LogP contribution in [0.25, 0.3) is 0 Å². The molecule has 3 atom stereocenters. The van der Waals surface area contributed by atoms with Crippen LogP contribution in [0.2, 0.25) is 0 Å². The number of nitrogens with zero attached hydrogens (tertiary/aromatic N) is 4. The van der Waals surface area contributed by atoms with Gasteiger partial charge in [-0.3, -0.25) is 9.62 Å². The highest BCUT2D eigenvalue weighted by molar-refractivity contribution is 7.88. The first kappa shape index (κ1) is 26.6. The molecule has 1 aromatic heterocycles. The zero-order chi connectivity index (χ0) is 24.6. The van der Waals surface area contributed by atoms with Gasteiger partial charge in [0, 0.05) is 56.7 Å². The van der Waals surface area contributed by atoms with Crippen molar-refractivity contribution in [3.63, 3.8) is 0 Å². The Bertz CT molecular complexity index is 1330. The van der Waals surface area contributed by atoms with Gasteiger partial charge < -0.3 is 10.2 Å². The van der Waals surface area contributed by atoms with Gasteiger partial charge in [0.05, 0.1) is 17.8 Å². The molecule has 3 N–H and O–H groups in total. The van der Waals surface area contributed by atoms with Crippen LogP contribution in [-0.2, 0) is 21.0 Å². The number of sulfonamides is 1. The molecule has 0 amide bonds. The summed E-state index contributed by atoms with van der Waals surface area (Å²) in [5.74, 6) is 0.310. The van der Waals surface area contributed by atoms with Gasteiger partial charge in [0.1, 0.15) is 17.9 Å². The van der Waals surface area contributed by atoms with E-state index in [0.29, 0.717) is 35.5 Å². The van der Waals surface area contributed by atoms with Gasteiger partial charge in [0.15, 0.2) is 11.0 Å². The Morgan fingerprint density at radius 2 is 1.97 bits per heavy atom. The molecule has 0 spiro atoms. The maximum Gasteiger partial charge on any atom is 0.214 e. The van der Waals surface area contributed by atoms with Crippen molar-refractivity contribution in [2.75, 3.05) is 37.2 Å². The van der Waals surface area contributed by atoms with Gasteiger partial charge in [0.2, 0.25) is 15.2 Å². The molecule has 196 valence electrons. The average molecular weight is 558 g/mol. The summed E-state index contributed by atoms with van der Waals surface area (Å²) >= 11 is 1.12. The molecule has 3 aromatic rings. The SMILES string of the molecule is CS(=O)(=O)N1CCN([C@H]2CCOc3cc(S(=O)Nc4ncns4)ccc32)[C@H](c2ccc(F)cc2)C1.O.[HH]. The van der Waals surface area contributed by atoms with E-state index < -0.39 is 21.0 Å². The fourth-order valence-corrected chi connectivity index (χ4v) is 6.82. The van der Waals surface area contributed by atoms with Crippen molar-refractivity contribution in [1.29, 1.82) is 0 Å². The second-order valence-corrected chi connectivity index (χ2v) is 12.4. The van der Waals surface area contributed by atoms with Gasteiger partial charge >= 0.3 is 0 Å². The van der Waals surface area contributed by atoms with Crippen LogP contribution >= 0.6 is 11.5 Å². The van der Waals surface area contributed by atoms with E-state index in [1.807, 2.05) is 6.07 Å². The summed E-state index contributed by atoms with van der Waals surface area (Å²) in [6.45, 7) is 1.65. The number of benzene rings is 2. The predicted octanol–water partition coefficient (Wildman–Crippen LogP) is 2.38. The first-order chi connectivity index (χ1) is 16.8. The van der Waals surface area contributed by atoms with E-state index in [4.69, 9.17) is 4.74 Å². The maximum absolute atomic E-state index is 13.6. The predicted molar refractivity (Wildman–Crippen MR) is 137 cm³/mol. The Morgan fingerprint density at radius 3 is 2.67 bits per heavy atom. The van der Waals surface area contributed by atoms with E-state index in [1.165, 1.54) is 29.0 Å². The van der Waals surface area contributed by atoms with Crippen LogP contribution in [0, 0.1) is 5.82 Å². The number of rotatable bonds is 6. The molecule has 0 saturated carbocycles. The quantitative estimate of drug-likeness (QED) is 0.491. The molecule has 10 nitrogen and oxygen atoms in total. The molecule has 3 heterocycles. The molecule has 0 bridgehead atoms. The number of aromatic nitrogens is 2. The number of hydrogen-bond acceptors (Lipinski definition) is 8. The molecule has 1 saturated heterocycles. The lowest BCUT2D eigenvalue weighted by Crippen LogP contribution is -2.51. The monoisotopic (exact) mass is 557 g/mol. The van der Waals surface area contributed by atoms with Gasteiger partial charge in [-0.2, -0.15) is 8.68 Å². The van der Waals surface area contributed by atoms with Crippen molar-refractivity contribution in [2.24, 2.45) is 0 Å². The van der Waals surface area contributed by atoms with E-state index in [1.54, 1.807) is 24.3 Å². The van der Waals surface area contributed by atoms with E-state index in [2.05, 4.69) is 19.0 Å². The highest BCUT2D eigenvalue weighted by Gasteiger charge is 2.38. The number of nitrogens with one attached hydrogen (secondary N) is 1. The minimum atomic E-state index is -3.37. The smallest absolute Gasteiger partial charge is 0.214 e. The number of anilines is 1. The fraction of sp³-hybridized carbons (Fsp3) is 0.364. The second-order valence-electron chi connectivity index (χ2n) is 8.40. The lowest BCUT2D eigenvalue weighted by Gasteiger charge is -2.46. The minimum absolute atomic E-state index is 0. The topological polar surface area (TPSA) is 136 Å². The van der Waals surface area contributed by atoms with Crippen LogP contribution in [0.5, 0.6) is 5.75 Å². The van der Waals surface area contributed by atoms with Crippen molar-refractivity contribution in [2.45, 2.75) is 23.4 Å². The maximum atomic E-state index is 13.6. The van der Waals surface area contributed by atoms with Crippen LogP contribution in [0.15, 0.2) is 53.7 Å². The lowest BCUT2D eigenvalue weighted by molar-refractivity contribution is 0.0508. The Morgan fingerprint density at radius 1 is 1.19 bits per heavy atom. The largest absolute Gasteiger partial charge is 0.493 e. The standard InChI is InChI=1S/C22H24FN5O4S3.H2O.H2/c1-35(30,31)27-9-10-28(20(13-27)15-2-4-16(23)5-3-15)19-8-11-32-21-12-17(6-7-18(19)21)34(29)26-22-24-14-25-33-22;;/h2-7,12,14,19-20H,8-11,13H2,1H3,(H,24,25,26);1H2;1H/t19-,20-,34?;;/m0../s1. The van der Waals surface area contributed by atoms with Crippen LogP contribution in [0.4, 0.5) is 9.52 Å². The van der Waals surface area contributed by atoms with Crippen LogP contribution in [-0.4, -0.2) is 69.2 Å². The lowest BCUT2D eigenvalue weighted by atomic mass is 9.94. The zero-order valence-corrected chi connectivity index (χ0v) is 21.8. The van der Waals surface area contributed by atoms with Crippen LogP contribution in [0.3, 0.4) is 0 Å². The molecule has 2 aromatic carbocycles. The molecular weight excluding hydrogens is 529 g/mol. The van der Waals surface area contributed by atoms with Gasteiger partial charge in [0.25, 0.3) is 0 Å². The first-order valence-corrected chi connectivity index (χ1v) is 14.7. The molecule has 2 aliphatic heterocycles. The number of halogens is 1. The summed E-state index contributed by atoms with van der Waals surface area (Å²) in [5.41, 5.74) is 1.81. The molecular formula is C22H28FN5O5S3. The molecule has 1 unspecified atom stereocenters. The summed E-state index contributed by atoms with van der Waals surface area (Å²) in [6.07, 6.45) is 3.33. The summed E-state index contributed by atoms with van der Waals surface area (Å²) in [4.78, 5) is 6.83. The molecule has 14 heteroatoms. The summed E-state index contributed by atoms with van der Waals surface area (Å²) in [7, 11) is -4.89. The van der Waals surface area contributed by atoms with E-state index >= 15 is 0 Å². The zero-order valence-electron chi connectivity index (χ0n) is 19.3. The first-order valence-electron chi connectivity index (χ1n) is 11.0. The van der Waals surface area contributed by atoms with Crippen molar-refractivity contribution in [3.05, 3.63) is 65.7 Å². The molecule has 0 radical (unpaired) electrons. The van der Waals surface area contributed by atoms with Gasteiger partial charge in [-0.15, -0.1) is 0 Å². The van der Waals surface area contributed by atoms with Crippen LogP contribution in [0.1, 0.15) is 31.1 Å². The highest BCUT2D eigenvalue weighted by Crippen LogP contribution is 2.42. The Balaban J connectivity index is 0.00000190. The minimum Gasteiger partial charge on any atom is -0.493 e. The Kier molecular flexibility index (Phi) is 8.02. The molecule has 36 heavy (non-hydrogen) atoms. The fourth-order valence-electron chi connectivity index (χ4n) is 4.60. The molecule has 0 aliphatic carbocycles. The third-order valence-corrected chi connectivity index (χ3v) is 9.30. The normalized spacial score (nSPS) is 21.6. The number of ether oxygens (including phenoxy) is 1. The van der Waals surface area contributed by atoms with E-state index in [9.17, 15) is 17.0 Å². The highest BCUT2D eigenvalue weighted by atomic mass is 32.2. The molecule has 1 fully saturated rings. The Labute approximate surface area is 216 Å². The third-order valence-electron chi connectivity index (χ3n) is 6.26. The summed E-state index contributed by atoms with van der Waals surface area (Å²) in [5, 5.41) is 0.464. The van der Waals surface area contributed by atoms with Crippen molar-refractivity contribution < 1.29 is 28.7 Å². The second kappa shape index (κ2) is 10.9. The Hall–Kier alpha value is -2.49. The van der Waals surface area contributed by atoms with E-state index in [-0.39, 0.29) is 31.3 Å². The van der Waals surface area contributed by atoms with Gasteiger partial charge in [-0.1, -0.05) is 18.2 Å². The summed E-state index contributed by atoms with van der Waals surface area (Å²) in [6, 6.07) is 11.4. The van der Waals surface area contributed by atoms with Gasteiger partial charge in [-0.25, -0.2) is 22.0 Å².